The summed E-state index contributed by atoms with van der Waals surface area (Å²) < 4.78 is 11.3. The topological polar surface area (TPSA) is 21.7 Å². The Balaban J connectivity index is 2.46. The molecule has 0 aromatic heterocycles. The molecule has 0 amide bonds. The second-order valence-electron chi connectivity index (χ2n) is 5.84. The van der Waals surface area contributed by atoms with E-state index in [2.05, 4.69) is 56.3 Å². The van der Waals surface area contributed by atoms with Crippen LogP contribution in [0.3, 0.4) is 0 Å². The SMILES string of the molecule is COc1ccc(CN(C)C)c(OC)c1Cc1cccc(C)c1. The summed E-state index contributed by atoms with van der Waals surface area (Å²) in [4.78, 5) is 2.14. The lowest BCUT2D eigenvalue weighted by Gasteiger charge is -2.19. The van der Waals surface area contributed by atoms with Gasteiger partial charge in [-0.3, -0.25) is 0 Å². The summed E-state index contributed by atoms with van der Waals surface area (Å²) in [5, 5.41) is 0. The van der Waals surface area contributed by atoms with E-state index in [1.165, 1.54) is 16.7 Å². The molecule has 3 heteroatoms. The number of hydrogen-bond donors (Lipinski definition) is 0. The fourth-order valence-corrected chi connectivity index (χ4v) is 2.76. The summed E-state index contributed by atoms with van der Waals surface area (Å²) in [7, 11) is 7.56. The van der Waals surface area contributed by atoms with Crippen molar-refractivity contribution in [3.8, 4) is 11.5 Å². The Morgan fingerprint density at radius 3 is 2.36 bits per heavy atom. The van der Waals surface area contributed by atoms with Gasteiger partial charge >= 0.3 is 0 Å². The van der Waals surface area contributed by atoms with Gasteiger partial charge in [-0.2, -0.15) is 0 Å². The van der Waals surface area contributed by atoms with Crippen LogP contribution in [0.2, 0.25) is 0 Å². The molecule has 0 aliphatic heterocycles. The third kappa shape index (κ3) is 3.80. The molecule has 0 bridgehead atoms. The number of aryl methyl sites for hydroxylation is 1. The van der Waals surface area contributed by atoms with E-state index in [4.69, 9.17) is 9.47 Å². The summed E-state index contributed by atoms with van der Waals surface area (Å²) in [6.45, 7) is 2.95. The van der Waals surface area contributed by atoms with Gasteiger partial charge in [0, 0.05) is 24.1 Å². The zero-order chi connectivity index (χ0) is 16.1. The molecule has 0 heterocycles. The summed E-state index contributed by atoms with van der Waals surface area (Å²) in [5.41, 5.74) is 4.81. The van der Waals surface area contributed by atoms with Gasteiger partial charge in [-0.1, -0.05) is 35.9 Å². The van der Waals surface area contributed by atoms with Gasteiger partial charge in [-0.15, -0.1) is 0 Å². The molecule has 118 valence electrons. The van der Waals surface area contributed by atoms with Crippen molar-refractivity contribution >= 4 is 0 Å². The van der Waals surface area contributed by atoms with E-state index >= 15 is 0 Å². The van der Waals surface area contributed by atoms with Crippen LogP contribution in [0.25, 0.3) is 0 Å². The van der Waals surface area contributed by atoms with Gasteiger partial charge in [-0.05, 0) is 32.6 Å². The van der Waals surface area contributed by atoms with Gasteiger partial charge in [0.2, 0.25) is 0 Å². The Kier molecular flexibility index (Phi) is 5.45. The molecule has 0 N–H and O–H groups in total. The van der Waals surface area contributed by atoms with Crippen LogP contribution in [0, 0.1) is 6.92 Å². The van der Waals surface area contributed by atoms with Crippen molar-refractivity contribution in [2.45, 2.75) is 19.9 Å². The highest BCUT2D eigenvalue weighted by atomic mass is 16.5. The van der Waals surface area contributed by atoms with E-state index in [1.807, 2.05) is 6.07 Å². The molecule has 0 saturated heterocycles. The molecule has 0 aliphatic carbocycles. The van der Waals surface area contributed by atoms with Crippen molar-refractivity contribution in [1.82, 2.24) is 4.90 Å². The third-order valence-corrected chi connectivity index (χ3v) is 3.67. The van der Waals surface area contributed by atoms with Crippen molar-refractivity contribution in [3.63, 3.8) is 0 Å². The molecule has 0 aliphatic rings. The normalized spacial score (nSPS) is 10.8. The molecule has 0 unspecified atom stereocenters. The first-order valence-corrected chi connectivity index (χ1v) is 7.48. The maximum absolute atomic E-state index is 5.72. The fraction of sp³-hybridized carbons (Fsp3) is 0.368. The highest BCUT2D eigenvalue weighted by Crippen LogP contribution is 2.34. The summed E-state index contributed by atoms with van der Waals surface area (Å²) in [6.07, 6.45) is 0.801. The van der Waals surface area contributed by atoms with E-state index in [9.17, 15) is 0 Å². The Labute approximate surface area is 133 Å². The first-order valence-electron chi connectivity index (χ1n) is 7.48. The van der Waals surface area contributed by atoms with Crippen molar-refractivity contribution in [3.05, 3.63) is 58.7 Å². The predicted octanol–water partition coefficient (Wildman–Crippen LogP) is 3.66. The molecular weight excluding hydrogens is 274 g/mol. The smallest absolute Gasteiger partial charge is 0.130 e. The van der Waals surface area contributed by atoms with Crippen molar-refractivity contribution in [2.75, 3.05) is 28.3 Å². The van der Waals surface area contributed by atoms with Crippen LogP contribution in [-0.2, 0) is 13.0 Å². The second kappa shape index (κ2) is 7.32. The van der Waals surface area contributed by atoms with Gasteiger partial charge in [0.05, 0.1) is 14.2 Å². The lowest BCUT2D eigenvalue weighted by molar-refractivity contribution is 0.361. The molecule has 0 atom stereocenters. The maximum atomic E-state index is 5.72. The quantitative estimate of drug-likeness (QED) is 0.812. The van der Waals surface area contributed by atoms with Crippen molar-refractivity contribution in [2.24, 2.45) is 0 Å². The van der Waals surface area contributed by atoms with Gasteiger partial charge in [-0.25, -0.2) is 0 Å². The largest absolute Gasteiger partial charge is 0.496 e. The zero-order valence-electron chi connectivity index (χ0n) is 14.1. The number of ether oxygens (including phenoxy) is 2. The fourth-order valence-electron chi connectivity index (χ4n) is 2.76. The van der Waals surface area contributed by atoms with Gasteiger partial charge in [0.1, 0.15) is 11.5 Å². The standard InChI is InChI=1S/C19H25NO2/c1-14-7-6-8-15(11-14)12-17-18(21-4)10-9-16(13-20(2)3)19(17)22-5/h6-11H,12-13H2,1-5H3. The van der Waals surface area contributed by atoms with E-state index in [0.717, 1.165) is 30.0 Å². The molecule has 2 aromatic carbocycles. The zero-order valence-corrected chi connectivity index (χ0v) is 14.1. The lowest BCUT2D eigenvalue weighted by Crippen LogP contribution is -2.12. The summed E-state index contributed by atoms with van der Waals surface area (Å²) in [6, 6.07) is 12.7. The average molecular weight is 299 g/mol. The highest BCUT2D eigenvalue weighted by Gasteiger charge is 2.16. The molecule has 2 aromatic rings. The average Bonchev–Trinajstić information content (AvgIpc) is 2.47. The Hall–Kier alpha value is -2.00. The first kappa shape index (κ1) is 16.4. The Bertz CT molecular complexity index is 635. The minimum Gasteiger partial charge on any atom is -0.496 e. The van der Waals surface area contributed by atoms with Crippen LogP contribution >= 0.6 is 0 Å². The van der Waals surface area contributed by atoms with Crippen molar-refractivity contribution < 1.29 is 9.47 Å². The molecular formula is C19H25NO2. The van der Waals surface area contributed by atoms with Gasteiger partial charge in [0.25, 0.3) is 0 Å². The molecule has 0 saturated carbocycles. The second-order valence-corrected chi connectivity index (χ2v) is 5.84. The van der Waals surface area contributed by atoms with E-state index in [-0.39, 0.29) is 0 Å². The summed E-state index contributed by atoms with van der Waals surface area (Å²) in [5.74, 6) is 1.80. The molecule has 0 radical (unpaired) electrons. The highest BCUT2D eigenvalue weighted by molar-refractivity contribution is 5.52. The molecule has 22 heavy (non-hydrogen) atoms. The maximum Gasteiger partial charge on any atom is 0.130 e. The minimum absolute atomic E-state index is 0.801. The minimum atomic E-state index is 0.801. The van der Waals surface area contributed by atoms with Crippen LogP contribution in [0.5, 0.6) is 11.5 Å². The summed E-state index contributed by atoms with van der Waals surface area (Å²) >= 11 is 0. The monoisotopic (exact) mass is 299 g/mol. The molecule has 0 fully saturated rings. The number of benzene rings is 2. The number of nitrogens with zero attached hydrogens (tertiary/aromatic N) is 1. The van der Waals surface area contributed by atoms with Crippen LogP contribution in [0.4, 0.5) is 0 Å². The number of methoxy groups -OCH3 is 2. The van der Waals surface area contributed by atoms with Crippen LogP contribution in [-0.4, -0.2) is 33.2 Å². The van der Waals surface area contributed by atoms with Gasteiger partial charge in [0.15, 0.2) is 0 Å². The number of rotatable bonds is 6. The third-order valence-electron chi connectivity index (χ3n) is 3.67. The molecule has 3 nitrogen and oxygen atoms in total. The van der Waals surface area contributed by atoms with E-state index in [0.29, 0.717) is 0 Å². The van der Waals surface area contributed by atoms with Crippen LogP contribution in [0.1, 0.15) is 22.3 Å². The molecule has 2 rings (SSSR count). The van der Waals surface area contributed by atoms with E-state index < -0.39 is 0 Å². The Morgan fingerprint density at radius 2 is 1.77 bits per heavy atom. The Morgan fingerprint density at radius 1 is 1.00 bits per heavy atom. The van der Waals surface area contributed by atoms with Gasteiger partial charge < -0.3 is 14.4 Å². The van der Waals surface area contributed by atoms with E-state index in [1.54, 1.807) is 14.2 Å². The van der Waals surface area contributed by atoms with Crippen LogP contribution < -0.4 is 9.47 Å². The number of hydrogen-bond acceptors (Lipinski definition) is 3. The lowest BCUT2D eigenvalue weighted by atomic mass is 9.98. The first-order chi connectivity index (χ1) is 10.5. The van der Waals surface area contributed by atoms with Crippen molar-refractivity contribution in [1.29, 1.82) is 0 Å². The van der Waals surface area contributed by atoms with Crippen LogP contribution in [0.15, 0.2) is 36.4 Å². The predicted molar refractivity (Wildman–Crippen MR) is 90.9 cm³/mol. The molecule has 0 spiro atoms.